The molecule has 0 saturated carbocycles. The van der Waals surface area contributed by atoms with Crippen molar-refractivity contribution >= 4 is 23.2 Å². The van der Waals surface area contributed by atoms with Gasteiger partial charge in [0, 0.05) is 5.69 Å². The second kappa shape index (κ2) is 10.3. The SMILES string of the molecule is Cc1ccc(OCC(=O)Nc2ccc3c(c2)N(CCOc2cccc(C)c2)C(=O)C(C)O3)cc1. The molecule has 0 saturated heterocycles. The van der Waals surface area contributed by atoms with Crippen LogP contribution < -0.4 is 24.4 Å². The van der Waals surface area contributed by atoms with Crippen LogP contribution in [0.3, 0.4) is 0 Å². The molecule has 1 N–H and O–H groups in total. The number of nitrogens with zero attached hydrogens (tertiary/aromatic N) is 1. The van der Waals surface area contributed by atoms with E-state index in [2.05, 4.69) is 5.32 Å². The Balaban J connectivity index is 1.41. The van der Waals surface area contributed by atoms with Crippen molar-refractivity contribution < 1.29 is 23.8 Å². The molecule has 2 amide bonds. The molecule has 1 aliphatic rings. The van der Waals surface area contributed by atoms with Crippen molar-refractivity contribution in [2.45, 2.75) is 26.9 Å². The van der Waals surface area contributed by atoms with Crippen LogP contribution >= 0.6 is 0 Å². The Morgan fingerprint density at radius 2 is 1.76 bits per heavy atom. The first kappa shape index (κ1) is 23.2. The number of hydrogen-bond acceptors (Lipinski definition) is 5. The standard InChI is InChI=1S/C27H28N2O5/c1-18-7-10-22(11-8-18)33-17-26(30)28-21-9-12-25-24(16-21)29(27(31)20(3)34-25)13-14-32-23-6-4-5-19(2)15-23/h4-12,15-16,20H,13-14,17H2,1-3H3,(H,28,30). The lowest BCUT2D eigenvalue weighted by Crippen LogP contribution is -2.46. The van der Waals surface area contributed by atoms with Gasteiger partial charge in [-0.3, -0.25) is 9.59 Å². The van der Waals surface area contributed by atoms with Crippen LogP contribution in [0.1, 0.15) is 18.1 Å². The topological polar surface area (TPSA) is 77.1 Å². The molecule has 7 heteroatoms. The minimum absolute atomic E-state index is 0.124. The molecule has 1 unspecified atom stereocenters. The number of anilines is 2. The molecular formula is C27H28N2O5. The van der Waals surface area contributed by atoms with Gasteiger partial charge in [0.15, 0.2) is 12.7 Å². The van der Waals surface area contributed by atoms with Gasteiger partial charge in [0.1, 0.15) is 23.9 Å². The molecule has 0 aliphatic carbocycles. The van der Waals surface area contributed by atoms with E-state index in [4.69, 9.17) is 14.2 Å². The molecule has 1 atom stereocenters. The van der Waals surface area contributed by atoms with Gasteiger partial charge in [-0.15, -0.1) is 0 Å². The van der Waals surface area contributed by atoms with E-state index in [1.165, 1.54) is 0 Å². The highest BCUT2D eigenvalue weighted by atomic mass is 16.5. The van der Waals surface area contributed by atoms with E-state index >= 15 is 0 Å². The van der Waals surface area contributed by atoms with E-state index in [0.717, 1.165) is 16.9 Å². The van der Waals surface area contributed by atoms with Crippen molar-refractivity contribution in [1.82, 2.24) is 0 Å². The largest absolute Gasteiger partial charge is 0.492 e. The number of rotatable bonds is 8. The number of ether oxygens (including phenoxy) is 3. The first-order chi connectivity index (χ1) is 16.4. The average Bonchev–Trinajstić information content (AvgIpc) is 2.81. The van der Waals surface area contributed by atoms with Gasteiger partial charge in [-0.1, -0.05) is 29.8 Å². The number of hydrogen-bond donors (Lipinski definition) is 1. The molecule has 0 spiro atoms. The van der Waals surface area contributed by atoms with E-state index < -0.39 is 6.10 Å². The molecule has 1 aliphatic heterocycles. The van der Waals surface area contributed by atoms with E-state index in [9.17, 15) is 9.59 Å². The van der Waals surface area contributed by atoms with Crippen molar-refractivity contribution in [3.63, 3.8) is 0 Å². The van der Waals surface area contributed by atoms with Gasteiger partial charge in [-0.05, 0) is 68.8 Å². The fraction of sp³-hybridized carbons (Fsp3) is 0.259. The lowest BCUT2D eigenvalue weighted by molar-refractivity contribution is -0.125. The van der Waals surface area contributed by atoms with Gasteiger partial charge in [0.05, 0.1) is 12.2 Å². The van der Waals surface area contributed by atoms with Crippen LogP contribution in [0.5, 0.6) is 17.2 Å². The predicted octanol–water partition coefficient (Wildman–Crippen LogP) is 4.51. The number of amides is 2. The highest BCUT2D eigenvalue weighted by molar-refractivity contribution is 6.01. The fourth-order valence-electron chi connectivity index (χ4n) is 3.66. The number of carbonyl (C=O) groups excluding carboxylic acids is 2. The third-order valence-corrected chi connectivity index (χ3v) is 5.42. The van der Waals surface area contributed by atoms with Crippen LogP contribution in [0, 0.1) is 13.8 Å². The monoisotopic (exact) mass is 460 g/mol. The first-order valence-corrected chi connectivity index (χ1v) is 11.2. The Kier molecular flexibility index (Phi) is 7.01. The van der Waals surface area contributed by atoms with Gasteiger partial charge in [0.2, 0.25) is 0 Å². The minimum Gasteiger partial charge on any atom is -0.492 e. The summed E-state index contributed by atoms with van der Waals surface area (Å²) in [5.74, 6) is 1.50. The van der Waals surface area contributed by atoms with Crippen molar-refractivity contribution in [2.24, 2.45) is 0 Å². The molecular weight excluding hydrogens is 432 g/mol. The summed E-state index contributed by atoms with van der Waals surface area (Å²) in [6.45, 7) is 6.25. The summed E-state index contributed by atoms with van der Waals surface area (Å²) in [6, 6.07) is 20.5. The van der Waals surface area contributed by atoms with Crippen molar-refractivity contribution in [1.29, 1.82) is 0 Å². The maximum absolute atomic E-state index is 12.8. The van der Waals surface area contributed by atoms with Crippen molar-refractivity contribution in [3.8, 4) is 17.2 Å². The maximum atomic E-state index is 12.8. The summed E-state index contributed by atoms with van der Waals surface area (Å²) in [4.78, 5) is 26.9. The molecule has 0 aromatic heterocycles. The molecule has 3 aromatic carbocycles. The molecule has 0 radical (unpaired) electrons. The Morgan fingerprint density at radius 3 is 2.53 bits per heavy atom. The lowest BCUT2D eigenvalue weighted by atomic mass is 10.1. The Labute approximate surface area is 199 Å². The van der Waals surface area contributed by atoms with E-state index in [1.807, 2.05) is 62.4 Å². The highest BCUT2D eigenvalue weighted by Gasteiger charge is 2.31. The van der Waals surface area contributed by atoms with Crippen LogP contribution in [0.15, 0.2) is 66.7 Å². The van der Waals surface area contributed by atoms with Crippen molar-refractivity contribution in [3.05, 3.63) is 77.9 Å². The van der Waals surface area contributed by atoms with Crippen LogP contribution in [0.2, 0.25) is 0 Å². The zero-order valence-corrected chi connectivity index (χ0v) is 19.5. The van der Waals surface area contributed by atoms with Gasteiger partial charge in [-0.2, -0.15) is 0 Å². The fourth-order valence-corrected chi connectivity index (χ4v) is 3.66. The summed E-state index contributed by atoms with van der Waals surface area (Å²) in [6.07, 6.45) is -0.602. The Morgan fingerprint density at radius 1 is 0.971 bits per heavy atom. The highest BCUT2D eigenvalue weighted by Crippen LogP contribution is 2.36. The zero-order valence-electron chi connectivity index (χ0n) is 19.5. The summed E-state index contributed by atoms with van der Waals surface area (Å²) in [5, 5.41) is 2.82. The smallest absolute Gasteiger partial charge is 0.267 e. The van der Waals surface area contributed by atoms with Gasteiger partial charge in [0.25, 0.3) is 11.8 Å². The average molecular weight is 461 g/mol. The van der Waals surface area contributed by atoms with Crippen LogP contribution in [0.4, 0.5) is 11.4 Å². The van der Waals surface area contributed by atoms with Crippen LogP contribution in [0.25, 0.3) is 0 Å². The summed E-state index contributed by atoms with van der Waals surface area (Å²) in [7, 11) is 0. The second-order valence-corrected chi connectivity index (χ2v) is 8.25. The molecule has 7 nitrogen and oxygen atoms in total. The second-order valence-electron chi connectivity index (χ2n) is 8.25. The molecule has 0 bridgehead atoms. The molecule has 0 fully saturated rings. The van der Waals surface area contributed by atoms with Crippen molar-refractivity contribution in [2.75, 3.05) is 30.0 Å². The normalized spacial score (nSPS) is 14.7. The molecule has 4 rings (SSSR count). The van der Waals surface area contributed by atoms with E-state index in [1.54, 1.807) is 30.0 Å². The summed E-state index contributed by atoms with van der Waals surface area (Å²) >= 11 is 0. The van der Waals surface area contributed by atoms with Gasteiger partial charge in [-0.25, -0.2) is 0 Å². The van der Waals surface area contributed by atoms with Crippen LogP contribution in [-0.4, -0.2) is 37.7 Å². The Hall–Kier alpha value is -4.00. The number of nitrogens with one attached hydrogen (secondary N) is 1. The van der Waals surface area contributed by atoms with Gasteiger partial charge < -0.3 is 24.4 Å². The minimum atomic E-state index is -0.602. The number of carbonyl (C=O) groups is 2. The molecule has 176 valence electrons. The third-order valence-electron chi connectivity index (χ3n) is 5.42. The summed E-state index contributed by atoms with van der Waals surface area (Å²) < 4.78 is 17.1. The molecule has 1 heterocycles. The lowest BCUT2D eigenvalue weighted by Gasteiger charge is -2.33. The summed E-state index contributed by atoms with van der Waals surface area (Å²) in [5.41, 5.74) is 3.36. The number of aryl methyl sites for hydroxylation is 2. The van der Waals surface area contributed by atoms with Gasteiger partial charge >= 0.3 is 0 Å². The van der Waals surface area contributed by atoms with Crippen LogP contribution in [-0.2, 0) is 9.59 Å². The maximum Gasteiger partial charge on any atom is 0.267 e. The zero-order chi connectivity index (χ0) is 24.1. The Bertz CT molecular complexity index is 1180. The molecule has 3 aromatic rings. The predicted molar refractivity (Wildman–Crippen MR) is 131 cm³/mol. The molecule has 34 heavy (non-hydrogen) atoms. The number of fused-ring (bicyclic) bond motifs is 1. The quantitative estimate of drug-likeness (QED) is 0.535. The van der Waals surface area contributed by atoms with E-state index in [-0.39, 0.29) is 18.4 Å². The third kappa shape index (κ3) is 5.67. The number of benzene rings is 3. The van der Waals surface area contributed by atoms with E-state index in [0.29, 0.717) is 36.0 Å². The first-order valence-electron chi connectivity index (χ1n) is 11.2.